The van der Waals surface area contributed by atoms with Gasteiger partial charge in [0, 0.05) is 21.9 Å². The van der Waals surface area contributed by atoms with Crippen molar-refractivity contribution in [3.05, 3.63) is 22.7 Å². The maximum atomic E-state index is 11.5. The first-order valence-electron chi connectivity index (χ1n) is 5.48. The first-order chi connectivity index (χ1) is 7.96. The van der Waals surface area contributed by atoms with E-state index in [1.807, 2.05) is 6.07 Å². The molecular formula is C11H15BrN2O2S. The van der Waals surface area contributed by atoms with Gasteiger partial charge in [0.15, 0.2) is 9.84 Å². The van der Waals surface area contributed by atoms with Gasteiger partial charge in [-0.1, -0.05) is 0 Å². The van der Waals surface area contributed by atoms with Crippen molar-refractivity contribution in [3.63, 3.8) is 0 Å². The maximum absolute atomic E-state index is 11.5. The Hall–Kier alpha value is -0.750. The number of nitrogen functional groups attached to an aromatic ring is 1. The van der Waals surface area contributed by atoms with Crippen LogP contribution in [-0.4, -0.2) is 26.0 Å². The Morgan fingerprint density at radius 3 is 2.82 bits per heavy atom. The lowest BCUT2D eigenvalue weighted by Gasteiger charge is -2.24. The van der Waals surface area contributed by atoms with Crippen LogP contribution in [0.4, 0.5) is 11.4 Å². The smallest absolute Gasteiger partial charge is 0.152 e. The Morgan fingerprint density at radius 1 is 1.41 bits per heavy atom. The SMILES string of the molecule is Nc1ccc(NC2CCCS(=O)(=O)C2)c(Br)c1. The average Bonchev–Trinajstić information content (AvgIpc) is 2.21. The molecule has 1 aromatic carbocycles. The van der Waals surface area contributed by atoms with E-state index in [1.54, 1.807) is 12.1 Å². The quantitative estimate of drug-likeness (QED) is 0.818. The second-order valence-electron chi connectivity index (χ2n) is 4.34. The molecule has 2 rings (SSSR count). The number of rotatable bonds is 2. The highest BCUT2D eigenvalue weighted by atomic mass is 79.9. The molecule has 1 heterocycles. The van der Waals surface area contributed by atoms with Crippen LogP contribution in [0, 0.1) is 0 Å². The Balaban J connectivity index is 2.10. The molecule has 0 aromatic heterocycles. The van der Waals surface area contributed by atoms with Crippen molar-refractivity contribution in [2.75, 3.05) is 22.6 Å². The predicted octanol–water partition coefficient (Wildman–Crippen LogP) is 2.02. The Bertz CT molecular complexity index is 516. The van der Waals surface area contributed by atoms with E-state index >= 15 is 0 Å². The van der Waals surface area contributed by atoms with E-state index in [1.165, 1.54) is 0 Å². The summed E-state index contributed by atoms with van der Waals surface area (Å²) in [7, 11) is -2.88. The van der Waals surface area contributed by atoms with Crippen LogP contribution in [0.15, 0.2) is 22.7 Å². The van der Waals surface area contributed by atoms with Gasteiger partial charge in [-0.05, 0) is 47.0 Å². The van der Waals surface area contributed by atoms with E-state index in [-0.39, 0.29) is 11.8 Å². The highest BCUT2D eigenvalue weighted by molar-refractivity contribution is 9.10. The van der Waals surface area contributed by atoms with E-state index in [2.05, 4.69) is 21.2 Å². The monoisotopic (exact) mass is 318 g/mol. The first-order valence-corrected chi connectivity index (χ1v) is 8.10. The van der Waals surface area contributed by atoms with Crippen molar-refractivity contribution in [1.82, 2.24) is 0 Å². The summed E-state index contributed by atoms with van der Waals surface area (Å²) in [5.74, 6) is 0.526. The van der Waals surface area contributed by atoms with Crippen LogP contribution in [0.1, 0.15) is 12.8 Å². The molecule has 0 radical (unpaired) electrons. The van der Waals surface area contributed by atoms with Crippen molar-refractivity contribution < 1.29 is 8.42 Å². The third-order valence-corrected chi connectivity index (χ3v) is 5.29. The number of hydrogen-bond donors (Lipinski definition) is 2. The minimum atomic E-state index is -2.88. The molecule has 0 bridgehead atoms. The zero-order chi connectivity index (χ0) is 12.5. The number of nitrogens with two attached hydrogens (primary N) is 1. The summed E-state index contributed by atoms with van der Waals surface area (Å²) in [4.78, 5) is 0. The van der Waals surface area contributed by atoms with Gasteiger partial charge < -0.3 is 11.1 Å². The van der Waals surface area contributed by atoms with Crippen molar-refractivity contribution in [1.29, 1.82) is 0 Å². The number of nitrogens with one attached hydrogen (secondary N) is 1. The van der Waals surface area contributed by atoms with Crippen LogP contribution in [-0.2, 0) is 9.84 Å². The fraction of sp³-hybridized carbons (Fsp3) is 0.455. The molecule has 0 amide bonds. The van der Waals surface area contributed by atoms with E-state index in [0.29, 0.717) is 11.4 Å². The number of sulfone groups is 1. The highest BCUT2D eigenvalue weighted by Gasteiger charge is 2.24. The molecule has 1 atom stereocenters. The van der Waals surface area contributed by atoms with Gasteiger partial charge in [0.05, 0.1) is 11.5 Å². The molecule has 94 valence electrons. The second-order valence-corrected chi connectivity index (χ2v) is 7.42. The molecule has 6 heteroatoms. The fourth-order valence-corrected chi connectivity index (χ4v) is 4.15. The molecule has 3 N–H and O–H groups in total. The molecular weight excluding hydrogens is 304 g/mol. The number of halogens is 1. The Labute approximate surface area is 110 Å². The molecule has 1 unspecified atom stereocenters. The minimum Gasteiger partial charge on any atom is -0.399 e. The van der Waals surface area contributed by atoms with E-state index in [4.69, 9.17) is 5.73 Å². The molecule has 1 aromatic rings. The zero-order valence-electron chi connectivity index (χ0n) is 9.32. The summed E-state index contributed by atoms with van der Waals surface area (Å²) < 4.78 is 23.9. The zero-order valence-corrected chi connectivity index (χ0v) is 11.7. The van der Waals surface area contributed by atoms with E-state index in [0.717, 1.165) is 23.0 Å². The van der Waals surface area contributed by atoms with Gasteiger partial charge >= 0.3 is 0 Å². The third-order valence-electron chi connectivity index (χ3n) is 2.82. The molecule has 1 aliphatic heterocycles. The molecule has 0 aliphatic carbocycles. The topological polar surface area (TPSA) is 72.2 Å². The summed E-state index contributed by atoms with van der Waals surface area (Å²) in [6, 6.07) is 5.46. The van der Waals surface area contributed by atoms with Crippen molar-refractivity contribution in [2.24, 2.45) is 0 Å². The van der Waals surface area contributed by atoms with Crippen LogP contribution in [0.25, 0.3) is 0 Å². The largest absolute Gasteiger partial charge is 0.399 e. The van der Waals surface area contributed by atoms with Crippen molar-refractivity contribution >= 4 is 37.1 Å². The Morgan fingerprint density at radius 2 is 2.18 bits per heavy atom. The Kier molecular flexibility index (Phi) is 3.63. The lowest BCUT2D eigenvalue weighted by molar-refractivity contribution is 0.562. The summed E-state index contributed by atoms with van der Waals surface area (Å²) in [5, 5.41) is 3.25. The van der Waals surface area contributed by atoms with Crippen molar-refractivity contribution in [3.8, 4) is 0 Å². The van der Waals surface area contributed by atoms with Crippen LogP contribution in [0.5, 0.6) is 0 Å². The van der Waals surface area contributed by atoms with Gasteiger partial charge in [0.2, 0.25) is 0 Å². The normalized spacial score (nSPS) is 23.2. The highest BCUT2D eigenvalue weighted by Crippen LogP contribution is 2.27. The molecule has 0 saturated carbocycles. The molecule has 0 spiro atoms. The van der Waals surface area contributed by atoms with Crippen LogP contribution >= 0.6 is 15.9 Å². The predicted molar refractivity (Wildman–Crippen MR) is 73.9 cm³/mol. The van der Waals surface area contributed by atoms with Gasteiger partial charge in [0.1, 0.15) is 0 Å². The summed E-state index contributed by atoms with van der Waals surface area (Å²) >= 11 is 3.41. The number of hydrogen-bond acceptors (Lipinski definition) is 4. The lowest BCUT2D eigenvalue weighted by atomic mass is 10.1. The van der Waals surface area contributed by atoms with E-state index in [9.17, 15) is 8.42 Å². The van der Waals surface area contributed by atoms with Gasteiger partial charge in [-0.3, -0.25) is 0 Å². The summed E-state index contributed by atoms with van der Waals surface area (Å²) in [6.45, 7) is 0. The van der Waals surface area contributed by atoms with Gasteiger partial charge in [-0.2, -0.15) is 0 Å². The van der Waals surface area contributed by atoms with Crippen LogP contribution in [0.2, 0.25) is 0 Å². The van der Waals surface area contributed by atoms with Gasteiger partial charge in [-0.25, -0.2) is 8.42 Å². The number of benzene rings is 1. The van der Waals surface area contributed by atoms with Gasteiger partial charge in [-0.15, -0.1) is 0 Å². The van der Waals surface area contributed by atoms with E-state index < -0.39 is 9.84 Å². The maximum Gasteiger partial charge on any atom is 0.152 e. The molecule has 17 heavy (non-hydrogen) atoms. The third kappa shape index (κ3) is 3.35. The van der Waals surface area contributed by atoms with Gasteiger partial charge in [0.25, 0.3) is 0 Å². The second kappa shape index (κ2) is 4.86. The van der Waals surface area contributed by atoms with Crippen LogP contribution < -0.4 is 11.1 Å². The van der Waals surface area contributed by atoms with Crippen molar-refractivity contribution in [2.45, 2.75) is 18.9 Å². The lowest BCUT2D eigenvalue weighted by Crippen LogP contribution is -2.34. The molecule has 1 aliphatic rings. The summed E-state index contributed by atoms with van der Waals surface area (Å²) in [6.07, 6.45) is 1.61. The molecule has 1 fully saturated rings. The van der Waals surface area contributed by atoms with Crippen LogP contribution in [0.3, 0.4) is 0 Å². The molecule has 4 nitrogen and oxygen atoms in total. The first kappa shape index (κ1) is 12.7. The minimum absolute atomic E-state index is 0.00586. The fourth-order valence-electron chi connectivity index (χ4n) is 2.01. The summed E-state index contributed by atoms with van der Waals surface area (Å²) in [5.41, 5.74) is 7.22. The average molecular weight is 319 g/mol. The number of anilines is 2. The molecule has 1 saturated heterocycles. The standard InChI is InChI=1S/C11H15BrN2O2S/c12-10-6-8(13)3-4-11(10)14-9-2-1-5-17(15,16)7-9/h3-4,6,9,14H,1-2,5,7,13H2.